The first-order valence-electron chi connectivity index (χ1n) is 8.54. The van der Waals surface area contributed by atoms with Gasteiger partial charge in [-0.25, -0.2) is 0 Å². The van der Waals surface area contributed by atoms with Crippen LogP contribution in [0.15, 0.2) is 35.5 Å². The summed E-state index contributed by atoms with van der Waals surface area (Å²) >= 11 is 0. The van der Waals surface area contributed by atoms with Gasteiger partial charge in [-0.05, 0) is 56.8 Å². The van der Waals surface area contributed by atoms with Gasteiger partial charge in [-0.15, -0.1) is 0 Å². The zero-order valence-corrected chi connectivity index (χ0v) is 14.3. The van der Waals surface area contributed by atoms with Crippen molar-refractivity contribution in [1.29, 1.82) is 0 Å². The molecule has 118 valence electrons. The SMILES string of the molecule is C=C1CC/C=C(\C)C[C@@H](O)[C@@H]2C(C(C)C)=CC[C@@]2(C)CC1. The molecule has 0 unspecified atom stereocenters. The van der Waals surface area contributed by atoms with Crippen molar-refractivity contribution in [1.82, 2.24) is 0 Å². The van der Waals surface area contributed by atoms with Crippen molar-refractivity contribution in [2.24, 2.45) is 17.3 Å². The summed E-state index contributed by atoms with van der Waals surface area (Å²) in [5.74, 6) is 0.843. The second-order valence-corrected chi connectivity index (χ2v) is 7.81. The molecule has 0 saturated carbocycles. The highest BCUT2D eigenvalue weighted by molar-refractivity contribution is 5.24. The molecule has 0 fully saturated rings. The maximum atomic E-state index is 10.9. The number of allylic oxidation sites excluding steroid dienone is 3. The fourth-order valence-corrected chi connectivity index (χ4v) is 4.19. The lowest BCUT2D eigenvalue weighted by atomic mass is 9.68. The first-order valence-corrected chi connectivity index (χ1v) is 8.54. The largest absolute Gasteiger partial charge is 0.392 e. The molecule has 2 rings (SSSR count). The van der Waals surface area contributed by atoms with Crippen LogP contribution in [0.3, 0.4) is 0 Å². The van der Waals surface area contributed by atoms with Gasteiger partial charge in [0.15, 0.2) is 0 Å². The summed E-state index contributed by atoms with van der Waals surface area (Å²) in [4.78, 5) is 0. The fraction of sp³-hybridized carbons (Fsp3) is 0.700. The molecule has 0 saturated heterocycles. The van der Waals surface area contributed by atoms with E-state index < -0.39 is 0 Å². The van der Waals surface area contributed by atoms with Crippen molar-refractivity contribution in [3.8, 4) is 0 Å². The molecule has 0 heterocycles. The predicted octanol–water partition coefficient (Wildman–Crippen LogP) is 5.42. The second-order valence-electron chi connectivity index (χ2n) is 7.81. The van der Waals surface area contributed by atoms with Crippen LogP contribution in [0.2, 0.25) is 0 Å². The molecule has 0 amide bonds. The standard InChI is InChI=1S/C20H32O/c1-14(2)17-10-12-20(5)11-9-15(3)7-6-8-16(4)13-18(21)19(17)20/h8,10,14,18-19,21H,3,6-7,9,11-13H2,1-2,4-5H3/b16-8+/t18-,19+,20-/m1/s1. The number of hydrogen-bond donors (Lipinski definition) is 1. The summed E-state index contributed by atoms with van der Waals surface area (Å²) in [5.41, 5.74) is 4.37. The van der Waals surface area contributed by atoms with Crippen molar-refractivity contribution in [3.63, 3.8) is 0 Å². The van der Waals surface area contributed by atoms with Crippen LogP contribution < -0.4 is 0 Å². The Morgan fingerprint density at radius 1 is 1.29 bits per heavy atom. The topological polar surface area (TPSA) is 20.2 Å². The van der Waals surface area contributed by atoms with Crippen LogP contribution in [0.1, 0.15) is 66.2 Å². The summed E-state index contributed by atoms with van der Waals surface area (Å²) in [6.45, 7) is 13.3. The molecule has 1 nitrogen and oxygen atoms in total. The third-order valence-electron chi connectivity index (χ3n) is 5.54. The third-order valence-corrected chi connectivity index (χ3v) is 5.54. The van der Waals surface area contributed by atoms with Crippen molar-refractivity contribution in [3.05, 3.63) is 35.5 Å². The quantitative estimate of drug-likeness (QED) is 0.638. The van der Waals surface area contributed by atoms with E-state index >= 15 is 0 Å². The molecule has 0 radical (unpaired) electrons. The number of aliphatic hydroxyl groups excluding tert-OH is 1. The molecule has 0 aromatic rings. The van der Waals surface area contributed by atoms with E-state index in [1.807, 2.05) is 0 Å². The highest BCUT2D eigenvalue weighted by Gasteiger charge is 2.44. The molecule has 0 aromatic heterocycles. The van der Waals surface area contributed by atoms with Crippen molar-refractivity contribution in [2.75, 3.05) is 0 Å². The first-order chi connectivity index (χ1) is 9.83. The van der Waals surface area contributed by atoms with E-state index in [0.29, 0.717) is 11.8 Å². The number of hydrogen-bond acceptors (Lipinski definition) is 1. The molecular formula is C20H32O. The van der Waals surface area contributed by atoms with E-state index in [1.165, 1.54) is 16.7 Å². The number of aliphatic hydroxyl groups is 1. The number of fused-ring (bicyclic) bond motifs is 1. The molecule has 0 spiro atoms. The van der Waals surface area contributed by atoms with Gasteiger partial charge in [-0.3, -0.25) is 0 Å². The highest BCUT2D eigenvalue weighted by Crippen LogP contribution is 2.51. The van der Waals surface area contributed by atoms with Crippen LogP contribution in [0, 0.1) is 17.3 Å². The zero-order valence-electron chi connectivity index (χ0n) is 14.3. The highest BCUT2D eigenvalue weighted by atomic mass is 16.3. The lowest BCUT2D eigenvalue weighted by Crippen LogP contribution is -2.35. The fourth-order valence-electron chi connectivity index (χ4n) is 4.19. The van der Waals surface area contributed by atoms with Crippen molar-refractivity contribution in [2.45, 2.75) is 72.3 Å². The monoisotopic (exact) mass is 288 g/mol. The maximum absolute atomic E-state index is 10.9. The Kier molecular flexibility index (Phi) is 5.14. The van der Waals surface area contributed by atoms with E-state index in [4.69, 9.17) is 0 Å². The molecule has 0 aromatic carbocycles. The van der Waals surface area contributed by atoms with E-state index in [9.17, 15) is 5.11 Å². The molecule has 2 aliphatic carbocycles. The van der Waals surface area contributed by atoms with E-state index in [2.05, 4.69) is 46.4 Å². The summed E-state index contributed by atoms with van der Waals surface area (Å²) in [6, 6.07) is 0. The Bertz CT molecular complexity index is 454. The van der Waals surface area contributed by atoms with Crippen LogP contribution in [0.25, 0.3) is 0 Å². The average Bonchev–Trinajstić information content (AvgIpc) is 2.73. The molecule has 0 aliphatic heterocycles. The maximum Gasteiger partial charge on any atom is 0.0647 e. The van der Waals surface area contributed by atoms with Gasteiger partial charge >= 0.3 is 0 Å². The first kappa shape index (κ1) is 16.5. The van der Waals surface area contributed by atoms with Gasteiger partial charge in [0.05, 0.1) is 6.10 Å². The van der Waals surface area contributed by atoms with Crippen LogP contribution >= 0.6 is 0 Å². The van der Waals surface area contributed by atoms with Gasteiger partial charge in [0.2, 0.25) is 0 Å². The van der Waals surface area contributed by atoms with Crippen LogP contribution in [0.5, 0.6) is 0 Å². The van der Waals surface area contributed by atoms with Gasteiger partial charge in [-0.2, -0.15) is 0 Å². The van der Waals surface area contributed by atoms with Crippen LogP contribution in [-0.4, -0.2) is 11.2 Å². The van der Waals surface area contributed by atoms with Gasteiger partial charge in [-0.1, -0.05) is 56.2 Å². The minimum atomic E-state index is -0.242. The lowest BCUT2D eigenvalue weighted by molar-refractivity contribution is 0.0494. The molecule has 21 heavy (non-hydrogen) atoms. The summed E-state index contributed by atoms with van der Waals surface area (Å²) in [6.07, 6.45) is 10.8. The smallest absolute Gasteiger partial charge is 0.0647 e. The Morgan fingerprint density at radius 3 is 2.67 bits per heavy atom. The molecule has 1 N–H and O–H groups in total. The van der Waals surface area contributed by atoms with E-state index in [-0.39, 0.29) is 11.5 Å². The van der Waals surface area contributed by atoms with Crippen molar-refractivity contribution < 1.29 is 5.11 Å². The van der Waals surface area contributed by atoms with Gasteiger partial charge in [0.25, 0.3) is 0 Å². The minimum Gasteiger partial charge on any atom is -0.392 e. The Hall–Kier alpha value is -0.820. The third kappa shape index (κ3) is 3.69. The molecule has 1 heteroatoms. The zero-order chi connectivity index (χ0) is 15.6. The molecular weight excluding hydrogens is 256 g/mol. The van der Waals surface area contributed by atoms with E-state index in [0.717, 1.165) is 38.5 Å². The molecule has 3 atom stereocenters. The van der Waals surface area contributed by atoms with Crippen LogP contribution in [0.4, 0.5) is 0 Å². The average molecular weight is 288 g/mol. The number of rotatable bonds is 1. The normalized spacial score (nSPS) is 37.5. The Morgan fingerprint density at radius 2 is 2.00 bits per heavy atom. The lowest BCUT2D eigenvalue weighted by Gasteiger charge is -2.38. The van der Waals surface area contributed by atoms with Crippen molar-refractivity contribution >= 4 is 0 Å². The second kappa shape index (κ2) is 6.52. The van der Waals surface area contributed by atoms with E-state index in [1.54, 1.807) is 0 Å². The van der Waals surface area contributed by atoms with Gasteiger partial charge in [0.1, 0.15) is 0 Å². The van der Waals surface area contributed by atoms with Gasteiger partial charge < -0.3 is 5.11 Å². The summed E-state index contributed by atoms with van der Waals surface area (Å²) in [5, 5.41) is 10.9. The summed E-state index contributed by atoms with van der Waals surface area (Å²) < 4.78 is 0. The molecule has 0 bridgehead atoms. The predicted molar refractivity (Wildman–Crippen MR) is 91.1 cm³/mol. The Balaban J connectivity index is 2.31. The Labute approximate surface area is 130 Å². The molecule has 2 aliphatic rings. The summed E-state index contributed by atoms with van der Waals surface area (Å²) in [7, 11) is 0. The minimum absolute atomic E-state index is 0.201. The van der Waals surface area contributed by atoms with Gasteiger partial charge in [0, 0.05) is 5.92 Å². The van der Waals surface area contributed by atoms with Crippen LogP contribution in [-0.2, 0) is 0 Å².